The van der Waals surface area contributed by atoms with Crippen molar-refractivity contribution >= 4 is 18.0 Å². The van der Waals surface area contributed by atoms with Crippen LogP contribution in [0.3, 0.4) is 0 Å². The van der Waals surface area contributed by atoms with E-state index in [1.54, 1.807) is 27.7 Å². The maximum Gasteiger partial charge on any atom is 0.408 e. The third kappa shape index (κ3) is 10.8. The highest BCUT2D eigenvalue weighted by Gasteiger charge is 2.28. The first-order chi connectivity index (χ1) is 14.0. The Morgan fingerprint density at radius 2 is 1.70 bits per heavy atom. The van der Waals surface area contributed by atoms with Crippen LogP contribution in [-0.4, -0.2) is 41.8 Å². The summed E-state index contributed by atoms with van der Waals surface area (Å²) in [7, 11) is 0. The van der Waals surface area contributed by atoms with E-state index < -0.39 is 23.7 Å². The highest BCUT2D eigenvalue weighted by atomic mass is 16.6. The van der Waals surface area contributed by atoms with E-state index in [0.717, 1.165) is 25.7 Å². The molecule has 0 heterocycles. The average Bonchev–Trinajstić information content (AvgIpc) is 2.63. The number of hydrogen-bond acceptors (Lipinski definition) is 5. The van der Waals surface area contributed by atoms with Gasteiger partial charge in [-0.05, 0) is 47.0 Å². The van der Waals surface area contributed by atoms with Crippen LogP contribution in [-0.2, 0) is 19.1 Å². The largest absolute Gasteiger partial charge is 0.461 e. The summed E-state index contributed by atoms with van der Waals surface area (Å²) in [5.74, 6) is -0.591. The molecule has 0 unspecified atom stereocenters. The smallest absolute Gasteiger partial charge is 0.408 e. The van der Waals surface area contributed by atoms with Crippen molar-refractivity contribution < 1.29 is 23.9 Å². The van der Waals surface area contributed by atoms with Gasteiger partial charge in [-0.25, -0.2) is 9.59 Å². The zero-order valence-corrected chi connectivity index (χ0v) is 19.7. The van der Waals surface area contributed by atoms with Crippen molar-refractivity contribution in [3.63, 3.8) is 0 Å². The van der Waals surface area contributed by atoms with Crippen LogP contribution >= 0.6 is 0 Å². The molecule has 0 saturated heterocycles. The topological polar surface area (TPSA) is 93.7 Å². The van der Waals surface area contributed by atoms with Crippen LogP contribution in [0.5, 0.6) is 0 Å². The number of hydrogen-bond donors (Lipinski definition) is 2. The molecule has 30 heavy (non-hydrogen) atoms. The maximum absolute atomic E-state index is 12.5. The Hall–Kier alpha value is -1.79. The Morgan fingerprint density at radius 1 is 1.07 bits per heavy atom. The van der Waals surface area contributed by atoms with Crippen molar-refractivity contribution in [2.45, 2.75) is 123 Å². The standard InChI is InChI=1S/C23H42N2O5/c1-7-8-14-19(16(2)15-20(26)25-18-12-10-9-11-13-18)29-21(27)17(3)24-22(28)30-23(4,5)6/h16-19H,7-15H2,1-6H3,(H,24,28)(H,25,26)/t16-,17-,19+/m0/s1. The van der Waals surface area contributed by atoms with E-state index in [1.165, 1.54) is 19.3 Å². The van der Waals surface area contributed by atoms with Crippen LogP contribution in [0, 0.1) is 5.92 Å². The van der Waals surface area contributed by atoms with Gasteiger partial charge in [0, 0.05) is 18.4 Å². The number of rotatable bonds is 10. The van der Waals surface area contributed by atoms with E-state index in [2.05, 4.69) is 17.6 Å². The minimum atomic E-state index is -0.827. The van der Waals surface area contributed by atoms with Gasteiger partial charge in [-0.2, -0.15) is 0 Å². The molecule has 0 radical (unpaired) electrons. The molecule has 0 aromatic rings. The minimum absolute atomic E-state index is 0.0203. The lowest BCUT2D eigenvalue weighted by Crippen LogP contribution is -2.44. The fraction of sp³-hybridized carbons (Fsp3) is 0.870. The summed E-state index contributed by atoms with van der Waals surface area (Å²) in [6, 6.07) is -0.555. The molecule has 3 atom stereocenters. The third-order valence-corrected chi connectivity index (χ3v) is 5.31. The number of ether oxygens (including phenoxy) is 2. The maximum atomic E-state index is 12.5. The number of esters is 1. The fourth-order valence-electron chi connectivity index (χ4n) is 3.62. The summed E-state index contributed by atoms with van der Waals surface area (Å²) < 4.78 is 10.9. The van der Waals surface area contributed by atoms with Gasteiger partial charge in [0.1, 0.15) is 17.7 Å². The zero-order chi connectivity index (χ0) is 22.7. The van der Waals surface area contributed by atoms with Crippen LogP contribution in [0.15, 0.2) is 0 Å². The number of unbranched alkanes of at least 4 members (excludes halogenated alkanes) is 1. The molecule has 1 rings (SSSR count). The summed E-state index contributed by atoms with van der Waals surface area (Å²) in [6.45, 7) is 10.9. The number of nitrogens with one attached hydrogen (secondary N) is 2. The van der Waals surface area contributed by atoms with Crippen LogP contribution in [0.25, 0.3) is 0 Å². The number of amides is 2. The molecule has 7 heteroatoms. The number of carbonyl (C=O) groups excluding carboxylic acids is 3. The highest BCUT2D eigenvalue weighted by molar-refractivity contribution is 5.81. The molecular weight excluding hydrogens is 384 g/mol. The molecule has 1 saturated carbocycles. The molecule has 1 aliphatic carbocycles. The van der Waals surface area contributed by atoms with Crippen molar-refractivity contribution in [2.24, 2.45) is 5.92 Å². The van der Waals surface area contributed by atoms with Gasteiger partial charge < -0.3 is 20.1 Å². The van der Waals surface area contributed by atoms with Gasteiger partial charge >= 0.3 is 12.1 Å². The first-order valence-corrected chi connectivity index (χ1v) is 11.5. The lowest BCUT2D eigenvalue weighted by atomic mass is 9.93. The summed E-state index contributed by atoms with van der Waals surface area (Å²) >= 11 is 0. The third-order valence-electron chi connectivity index (χ3n) is 5.31. The summed E-state index contributed by atoms with van der Waals surface area (Å²) in [5, 5.41) is 5.65. The predicted octanol–water partition coefficient (Wildman–Crippen LogP) is 4.48. The molecule has 1 aliphatic rings. The van der Waals surface area contributed by atoms with Gasteiger partial charge in [0.05, 0.1) is 0 Å². The van der Waals surface area contributed by atoms with Gasteiger partial charge in [0.15, 0.2) is 0 Å². The first kappa shape index (κ1) is 26.2. The van der Waals surface area contributed by atoms with Gasteiger partial charge in [0.2, 0.25) is 5.91 Å². The number of alkyl carbamates (subject to hydrolysis) is 1. The van der Waals surface area contributed by atoms with E-state index >= 15 is 0 Å². The molecule has 2 N–H and O–H groups in total. The average molecular weight is 427 g/mol. The molecular formula is C23H42N2O5. The van der Waals surface area contributed by atoms with Crippen LogP contribution in [0.4, 0.5) is 4.79 Å². The van der Waals surface area contributed by atoms with E-state index in [1.807, 2.05) is 6.92 Å². The van der Waals surface area contributed by atoms with E-state index in [9.17, 15) is 14.4 Å². The Morgan fingerprint density at radius 3 is 2.27 bits per heavy atom. The highest BCUT2D eigenvalue weighted by Crippen LogP contribution is 2.21. The minimum Gasteiger partial charge on any atom is -0.461 e. The normalized spacial score (nSPS) is 18.1. The van der Waals surface area contributed by atoms with E-state index in [-0.39, 0.29) is 24.0 Å². The Balaban J connectivity index is 2.58. The van der Waals surface area contributed by atoms with E-state index in [4.69, 9.17) is 9.47 Å². The van der Waals surface area contributed by atoms with Gasteiger partial charge in [-0.3, -0.25) is 4.79 Å². The van der Waals surface area contributed by atoms with Crippen LogP contribution in [0.1, 0.15) is 99.3 Å². The molecule has 2 amide bonds. The molecule has 174 valence electrons. The molecule has 0 aromatic carbocycles. The Kier molecular flexibility index (Phi) is 11.2. The second kappa shape index (κ2) is 12.8. The summed E-state index contributed by atoms with van der Waals surface area (Å²) in [6.07, 6.45) is 7.54. The van der Waals surface area contributed by atoms with Gasteiger partial charge in [-0.15, -0.1) is 0 Å². The number of carbonyl (C=O) groups is 3. The fourth-order valence-corrected chi connectivity index (χ4v) is 3.62. The van der Waals surface area contributed by atoms with Crippen molar-refractivity contribution in [3.05, 3.63) is 0 Å². The molecule has 1 fully saturated rings. The van der Waals surface area contributed by atoms with Crippen molar-refractivity contribution in [3.8, 4) is 0 Å². The van der Waals surface area contributed by atoms with Gasteiger partial charge in [-0.1, -0.05) is 46.0 Å². The second-order valence-corrected chi connectivity index (χ2v) is 9.57. The van der Waals surface area contributed by atoms with Crippen LogP contribution < -0.4 is 10.6 Å². The van der Waals surface area contributed by atoms with E-state index in [0.29, 0.717) is 12.8 Å². The monoisotopic (exact) mass is 426 g/mol. The SMILES string of the molecule is CCCC[C@@H](OC(=O)[C@H](C)NC(=O)OC(C)(C)C)[C@@H](C)CC(=O)NC1CCCCC1. The lowest BCUT2D eigenvalue weighted by Gasteiger charge is -2.27. The molecule has 0 bridgehead atoms. The predicted molar refractivity (Wildman–Crippen MR) is 117 cm³/mol. The molecule has 0 spiro atoms. The lowest BCUT2D eigenvalue weighted by molar-refractivity contribution is -0.155. The van der Waals surface area contributed by atoms with Gasteiger partial charge in [0.25, 0.3) is 0 Å². The summed E-state index contributed by atoms with van der Waals surface area (Å²) in [4.78, 5) is 36.9. The Bertz CT molecular complexity index is 552. The summed E-state index contributed by atoms with van der Waals surface area (Å²) in [5.41, 5.74) is -0.641. The zero-order valence-electron chi connectivity index (χ0n) is 19.7. The van der Waals surface area contributed by atoms with Crippen molar-refractivity contribution in [1.82, 2.24) is 10.6 Å². The molecule has 0 aliphatic heterocycles. The molecule has 0 aromatic heterocycles. The first-order valence-electron chi connectivity index (χ1n) is 11.5. The van der Waals surface area contributed by atoms with Crippen molar-refractivity contribution in [1.29, 1.82) is 0 Å². The quantitative estimate of drug-likeness (QED) is 0.503. The van der Waals surface area contributed by atoms with Crippen LogP contribution in [0.2, 0.25) is 0 Å². The molecule has 7 nitrogen and oxygen atoms in total. The van der Waals surface area contributed by atoms with Crippen molar-refractivity contribution in [2.75, 3.05) is 0 Å². The second-order valence-electron chi connectivity index (χ2n) is 9.57. The Labute approximate surface area is 182 Å².